The van der Waals surface area contributed by atoms with E-state index in [0.29, 0.717) is 24.1 Å². The number of carbonyl (C=O) groups excluding carboxylic acids is 4. The van der Waals surface area contributed by atoms with E-state index in [1.165, 1.54) is 4.90 Å². The minimum absolute atomic E-state index is 0.0744. The molecule has 3 heterocycles. The monoisotopic (exact) mass is 384 g/mol. The summed E-state index contributed by atoms with van der Waals surface area (Å²) in [6.07, 6.45) is 0.998. The minimum atomic E-state index is -1.31. The van der Waals surface area contributed by atoms with Crippen molar-refractivity contribution in [1.82, 2.24) is 10.2 Å². The Balaban J connectivity index is 1.83. The smallest absolute Gasteiger partial charge is 0.250 e. The molecule has 2 saturated heterocycles. The van der Waals surface area contributed by atoms with Gasteiger partial charge in [0.25, 0.3) is 0 Å². The summed E-state index contributed by atoms with van der Waals surface area (Å²) in [5.41, 5.74) is 5.31. The van der Waals surface area contributed by atoms with Crippen molar-refractivity contribution in [3.05, 3.63) is 29.8 Å². The molecule has 0 saturated carbocycles. The fourth-order valence-corrected chi connectivity index (χ4v) is 4.94. The lowest BCUT2D eigenvalue weighted by Crippen LogP contribution is -2.54. The van der Waals surface area contributed by atoms with Crippen LogP contribution in [0.2, 0.25) is 0 Å². The van der Waals surface area contributed by atoms with E-state index >= 15 is 0 Å². The van der Waals surface area contributed by atoms with Gasteiger partial charge in [-0.1, -0.05) is 25.1 Å². The summed E-state index contributed by atoms with van der Waals surface area (Å²) in [6, 6.07) is 6.46. The molecule has 4 N–H and O–H groups in total. The number of hydrogen-bond acceptors (Lipinski definition) is 5. The first-order valence-electron chi connectivity index (χ1n) is 9.66. The molecule has 1 aromatic carbocycles. The van der Waals surface area contributed by atoms with E-state index in [2.05, 4.69) is 10.6 Å². The zero-order valence-electron chi connectivity index (χ0n) is 15.9. The van der Waals surface area contributed by atoms with Crippen LogP contribution in [0.4, 0.5) is 5.69 Å². The van der Waals surface area contributed by atoms with Gasteiger partial charge in [-0.05, 0) is 25.8 Å². The molecule has 3 aliphatic heterocycles. The van der Waals surface area contributed by atoms with Gasteiger partial charge in [0.05, 0.1) is 11.8 Å². The summed E-state index contributed by atoms with van der Waals surface area (Å²) in [7, 11) is 0. The number of fused-ring (bicyclic) bond motifs is 4. The van der Waals surface area contributed by atoms with Crippen LogP contribution in [0.1, 0.15) is 38.7 Å². The van der Waals surface area contributed by atoms with Gasteiger partial charge in [-0.25, -0.2) is 0 Å². The molecule has 3 aliphatic rings. The van der Waals surface area contributed by atoms with Gasteiger partial charge in [-0.2, -0.15) is 0 Å². The van der Waals surface area contributed by atoms with E-state index in [1.807, 2.05) is 26.0 Å². The number of nitrogens with one attached hydrogen (secondary N) is 2. The SMILES string of the molecule is CC[C@@H](C)N1C(=O)[C@H]2[C@@H](C1=O)[C@@]1(N[C@@H]2CCC(N)=O)C(=O)Nc2ccccc21. The van der Waals surface area contributed by atoms with Gasteiger partial charge in [0, 0.05) is 29.8 Å². The Labute approximate surface area is 162 Å². The second kappa shape index (κ2) is 6.41. The van der Waals surface area contributed by atoms with E-state index in [9.17, 15) is 19.2 Å². The Morgan fingerprint density at radius 2 is 1.96 bits per heavy atom. The molecule has 5 atom stereocenters. The molecule has 4 rings (SSSR count). The number of likely N-dealkylation sites (tertiary alicyclic amines) is 1. The number of benzene rings is 1. The van der Waals surface area contributed by atoms with Crippen molar-refractivity contribution in [2.24, 2.45) is 17.6 Å². The molecular weight excluding hydrogens is 360 g/mol. The Hall–Kier alpha value is -2.74. The van der Waals surface area contributed by atoms with Crippen molar-refractivity contribution in [2.75, 3.05) is 5.32 Å². The lowest BCUT2D eigenvalue weighted by atomic mass is 9.76. The molecule has 0 aromatic heterocycles. The normalized spacial score (nSPS) is 31.9. The van der Waals surface area contributed by atoms with Gasteiger partial charge < -0.3 is 11.1 Å². The molecule has 1 spiro atoms. The van der Waals surface area contributed by atoms with Crippen molar-refractivity contribution >= 4 is 29.3 Å². The highest BCUT2D eigenvalue weighted by Crippen LogP contribution is 2.53. The van der Waals surface area contributed by atoms with E-state index in [4.69, 9.17) is 5.73 Å². The first-order chi connectivity index (χ1) is 13.3. The number of nitrogens with zero attached hydrogens (tertiary/aromatic N) is 1. The number of anilines is 1. The highest BCUT2D eigenvalue weighted by Gasteiger charge is 2.70. The number of hydrogen-bond donors (Lipinski definition) is 3. The van der Waals surface area contributed by atoms with Crippen LogP contribution in [0.25, 0.3) is 0 Å². The Morgan fingerprint density at radius 3 is 2.64 bits per heavy atom. The predicted octanol–water partition coefficient (Wildman–Crippen LogP) is 0.471. The third kappa shape index (κ3) is 2.33. The maximum Gasteiger partial charge on any atom is 0.250 e. The molecule has 0 bridgehead atoms. The summed E-state index contributed by atoms with van der Waals surface area (Å²) >= 11 is 0. The average Bonchev–Trinajstić information content (AvgIpc) is 3.24. The topological polar surface area (TPSA) is 122 Å². The number of rotatable bonds is 5. The molecule has 0 radical (unpaired) electrons. The van der Waals surface area contributed by atoms with E-state index < -0.39 is 29.3 Å². The summed E-state index contributed by atoms with van der Waals surface area (Å²) in [5.74, 6) is -2.96. The molecular formula is C20H24N4O4. The second-order valence-corrected chi connectivity index (χ2v) is 7.87. The molecule has 4 amide bonds. The molecule has 0 unspecified atom stereocenters. The Kier molecular flexibility index (Phi) is 4.26. The summed E-state index contributed by atoms with van der Waals surface area (Å²) in [4.78, 5) is 52.4. The molecule has 1 aromatic rings. The van der Waals surface area contributed by atoms with Crippen molar-refractivity contribution in [2.45, 2.75) is 50.7 Å². The van der Waals surface area contributed by atoms with Gasteiger partial charge in [-0.15, -0.1) is 0 Å². The van der Waals surface area contributed by atoms with Gasteiger partial charge in [0.15, 0.2) is 0 Å². The maximum absolute atomic E-state index is 13.4. The van der Waals surface area contributed by atoms with Gasteiger partial charge in [0.1, 0.15) is 5.54 Å². The van der Waals surface area contributed by atoms with Crippen molar-refractivity contribution < 1.29 is 19.2 Å². The van der Waals surface area contributed by atoms with E-state index in [0.717, 1.165) is 0 Å². The van der Waals surface area contributed by atoms with E-state index in [-0.39, 0.29) is 30.2 Å². The van der Waals surface area contributed by atoms with Crippen LogP contribution in [0.3, 0.4) is 0 Å². The third-order valence-electron chi connectivity index (χ3n) is 6.39. The number of para-hydroxylation sites is 1. The fourth-order valence-electron chi connectivity index (χ4n) is 4.94. The van der Waals surface area contributed by atoms with Crippen LogP contribution >= 0.6 is 0 Å². The zero-order chi connectivity index (χ0) is 20.2. The first kappa shape index (κ1) is 18.6. The molecule has 8 heteroatoms. The van der Waals surface area contributed by atoms with Gasteiger partial charge in [-0.3, -0.25) is 29.4 Å². The predicted molar refractivity (Wildman–Crippen MR) is 101 cm³/mol. The quantitative estimate of drug-likeness (QED) is 0.637. The Morgan fingerprint density at radius 1 is 1.25 bits per heavy atom. The summed E-state index contributed by atoms with van der Waals surface area (Å²) in [5, 5.41) is 6.13. The van der Waals surface area contributed by atoms with Crippen LogP contribution in [-0.4, -0.2) is 40.6 Å². The van der Waals surface area contributed by atoms with Crippen LogP contribution in [-0.2, 0) is 24.7 Å². The van der Waals surface area contributed by atoms with Gasteiger partial charge in [0.2, 0.25) is 23.6 Å². The first-order valence-corrected chi connectivity index (χ1v) is 9.66. The lowest BCUT2D eigenvalue weighted by molar-refractivity contribution is -0.145. The molecule has 8 nitrogen and oxygen atoms in total. The number of carbonyl (C=O) groups is 4. The standard InChI is InChI=1S/C20H24N4O4/c1-3-10(2)24-17(26)15-13(8-9-14(21)25)23-20(16(15)18(24)27)11-6-4-5-7-12(11)22-19(20)28/h4-7,10,13,15-16,23H,3,8-9H2,1-2H3,(H2,21,25)(H,22,28)/t10-,13-,15-,16+,20-/m1/s1. The summed E-state index contributed by atoms with van der Waals surface area (Å²) < 4.78 is 0. The van der Waals surface area contributed by atoms with Crippen LogP contribution in [0.5, 0.6) is 0 Å². The Bertz CT molecular complexity index is 885. The zero-order valence-corrected chi connectivity index (χ0v) is 15.9. The van der Waals surface area contributed by atoms with Gasteiger partial charge >= 0.3 is 0 Å². The highest BCUT2D eigenvalue weighted by atomic mass is 16.2. The number of amides is 4. The third-order valence-corrected chi connectivity index (χ3v) is 6.39. The lowest BCUT2D eigenvalue weighted by Gasteiger charge is -2.31. The van der Waals surface area contributed by atoms with Crippen molar-refractivity contribution in [1.29, 1.82) is 0 Å². The summed E-state index contributed by atoms with van der Waals surface area (Å²) in [6.45, 7) is 3.74. The van der Waals surface area contributed by atoms with Crippen LogP contribution < -0.4 is 16.4 Å². The number of nitrogens with two attached hydrogens (primary N) is 1. The maximum atomic E-state index is 13.4. The van der Waals surface area contributed by atoms with E-state index in [1.54, 1.807) is 12.1 Å². The van der Waals surface area contributed by atoms with Crippen LogP contribution in [0.15, 0.2) is 24.3 Å². The highest BCUT2D eigenvalue weighted by molar-refractivity contribution is 6.15. The molecule has 28 heavy (non-hydrogen) atoms. The largest absolute Gasteiger partial charge is 0.370 e. The van der Waals surface area contributed by atoms with Crippen LogP contribution in [0, 0.1) is 11.8 Å². The number of primary amides is 1. The molecule has 0 aliphatic carbocycles. The average molecular weight is 384 g/mol. The second-order valence-electron chi connectivity index (χ2n) is 7.87. The molecule has 148 valence electrons. The molecule has 2 fully saturated rings. The fraction of sp³-hybridized carbons (Fsp3) is 0.500. The minimum Gasteiger partial charge on any atom is -0.370 e. The van der Waals surface area contributed by atoms with Crippen molar-refractivity contribution in [3.63, 3.8) is 0 Å². The number of imide groups is 1. The van der Waals surface area contributed by atoms with Crippen molar-refractivity contribution in [3.8, 4) is 0 Å².